The minimum atomic E-state index is -0.665. The van der Waals surface area contributed by atoms with Crippen molar-refractivity contribution in [3.8, 4) is 0 Å². The van der Waals surface area contributed by atoms with Gasteiger partial charge in [-0.25, -0.2) is 0 Å². The fraction of sp³-hybridized carbons (Fsp3) is 0.969. The average molecular weight is 505 g/mol. The number of hydrogen-bond donors (Lipinski definition) is 2. The zero-order valence-electron chi connectivity index (χ0n) is 24.9. The van der Waals surface area contributed by atoms with Crippen LogP contribution in [0.5, 0.6) is 0 Å². The Morgan fingerprint density at radius 2 is 1.47 bits per heavy atom. The van der Waals surface area contributed by atoms with Gasteiger partial charge in [-0.05, 0) is 131 Å². The molecule has 4 nitrogen and oxygen atoms in total. The Balaban J connectivity index is 1.57. The van der Waals surface area contributed by atoms with Crippen LogP contribution in [-0.4, -0.2) is 33.5 Å². The molecule has 0 aromatic heterocycles. The van der Waals surface area contributed by atoms with Gasteiger partial charge < -0.3 is 14.9 Å². The number of carbonyl (C=O) groups is 1. The Bertz CT molecular complexity index is 840. The van der Waals surface area contributed by atoms with Crippen molar-refractivity contribution in [2.75, 3.05) is 0 Å². The lowest BCUT2D eigenvalue weighted by Crippen LogP contribution is -2.64. The summed E-state index contributed by atoms with van der Waals surface area (Å²) in [7, 11) is 0. The van der Waals surface area contributed by atoms with Gasteiger partial charge in [0.05, 0.1) is 11.2 Å². The molecular weight excluding hydrogens is 448 g/mol. The van der Waals surface area contributed by atoms with Gasteiger partial charge in [0.1, 0.15) is 6.10 Å². The van der Waals surface area contributed by atoms with Gasteiger partial charge >= 0.3 is 5.97 Å². The van der Waals surface area contributed by atoms with Gasteiger partial charge in [-0.3, -0.25) is 4.79 Å². The highest BCUT2D eigenvalue weighted by Crippen LogP contribution is 2.75. The van der Waals surface area contributed by atoms with E-state index in [-0.39, 0.29) is 33.7 Å². The van der Waals surface area contributed by atoms with Crippen molar-refractivity contribution in [3.63, 3.8) is 0 Å². The first-order chi connectivity index (χ1) is 16.4. The standard InChI is InChI=1S/C32H56O4/c1-21(33)36-26-15-18-29(6)24(28(26,4)5)14-20-31(8)25(29)12-11-22-23(13-19-30(22,31)7)32(9,35)17-10-16-27(2,3)34/h22-26,34-35H,10-20H2,1-9H3/t22-,23+,24+,25-,26+,29+,30-,31-,32+/m1/s1. The summed E-state index contributed by atoms with van der Waals surface area (Å²) in [6.45, 7) is 19.9. The molecule has 0 unspecified atom stereocenters. The van der Waals surface area contributed by atoms with Crippen molar-refractivity contribution in [2.24, 2.45) is 45.3 Å². The lowest BCUT2D eigenvalue weighted by Gasteiger charge is -2.70. The van der Waals surface area contributed by atoms with Crippen LogP contribution in [-0.2, 0) is 9.53 Å². The van der Waals surface area contributed by atoms with Crippen LogP contribution in [0.15, 0.2) is 0 Å². The molecule has 0 heterocycles. The minimum Gasteiger partial charge on any atom is -0.462 e. The van der Waals surface area contributed by atoms with E-state index in [9.17, 15) is 15.0 Å². The van der Waals surface area contributed by atoms with Gasteiger partial charge in [0.2, 0.25) is 0 Å². The Morgan fingerprint density at radius 1 is 0.833 bits per heavy atom. The summed E-state index contributed by atoms with van der Waals surface area (Å²) >= 11 is 0. The van der Waals surface area contributed by atoms with Crippen LogP contribution in [0.25, 0.3) is 0 Å². The maximum atomic E-state index is 11.9. The van der Waals surface area contributed by atoms with Crippen LogP contribution in [0.3, 0.4) is 0 Å². The number of aliphatic hydroxyl groups is 2. The largest absolute Gasteiger partial charge is 0.462 e. The predicted molar refractivity (Wildman–Crippen MR) is 145 cm³/mol. The third kappa shape index (κ3) is 4.38. The van der Waals surface area contributed by atoms with E-state index in [4.69, 9.17) is 4.74 Å². The molecule has 0 bridgehead atoms. The summed E-state index contributed by atoms with van der Waals surface area (Å²) in [6.07, 6.45) is 11.8. The normalized spacial score (nSPS) is 45.7. The smallest absolute Gasteiger partial charge is 0.302 e. The van der Waals surface area contributed by atoms with Gasteiger partial charge in [-0.1, -0.05) is 34.6 Å². The van der Waals surface area contributed by atoms with Crippen LogP contribution in [0, 0.1) is 45.3 Å². The van der Waals surface area contributed by atoms with Crippen LogP contribution < -0.4 is 0 Å². The summed E-state index contributed by atoms with van der Waals surface area (Å²) in [5.41, 5.74) is -0.520. The van der Waals surface area contributed by atoms with Crippen LogP contribution in [0.1, 0.15) is 133 Å². The van der Waals surface area contributed by atoms with E-state index in [1.54, 1.807) is 6.92 Å². The van der Waals surface area contributed by atoms with Crippen LogP contribution in [0.2, 0.25) is 0 Å². The summed E-state index contributed by atoms with van der Waals surface area (Å²) in [4.78, 5) is 11.9. The molecule has 0 aromatic rings. The van der Waals surface area contributed by atoms with E-state index >= 15 is 0 Å². The van der Waals surface area contributed by atoms with Crippen molar-refractivity contribution in [1.29, 1.82) is 0 Å². The average Bonchev–Trinajstić information content (AvgIpc) is 3.08. The molecule has 0 radical (unpaired) electrons. The second-order valence-electron chi connectivity index (χ2n) is 15.8. The molecule has 0 aliphatic heterocycles. The fourth-order valence-corrected chi connectivity index (χ4v) is 10.9. The molecule has 9 atom stereocenters. The van der Waals surface area contributed by atoms with Crippen LogP contribution >= 0.6 is 0 Å². The number of carbonyl (C=O) groups excluding carboxylic acids is 1. The van der Waals surface area contributed by atoms with E-state index in [1.165, 1.54) is 32.1 Å². The SMILES string of the molecule is CC(=O)O[C@H]1CC[C@]2(C)[C@H]3CC[C@@H]4[C@@H]([C@@](C)(O)CCCC(C)(C)O)CC[C@@]4(C)[C@]3(C)CC[C@H]2C1(C)C. The molecule has 0 spiro atoms. The molecule has 4 aliphatic rings. The summed E-state index contributed by atoms with van der Waals surface area (Å²) in [6, 6.07) is 0. The first-order valence-electron chi connectivity index (χ1n) is 15.0. The molecule has 208 valence electrons. The lowest BCUT2D eigenvalue weighted by molar-refractivity contribution is -0.229. The van der Waals surface area contributed by atoms with Crippen molar-refractivity contribution < 1.29 is 19.7 Å². The quantitative estimate of drug-likeness (QED) is 0.373. The van der Waals surface area contributed by atoms with Gasteiger partial charge in [-0.2, -0.15) is 0 Å². The third-order valence-electron chi connectivity index (χ3n) is 12.9. The van der Waals surface area contributed by atoms with E-state index in [2.05, 4.69) is 41.5 Å². The molecule has 4 aliphatic carbocycles. The first-order valence-corrected chi connectivity index (χ1v) is 15.0. The highest BCUT2D eigenvalue weighted by atomic mass is 16.5. The van der Waals surface area contributed by atoms with E-state index in [1.807, 2.05) is 13.8 Å². The molecule has 4 fully saturated rings. The van der Waals surface area contributed by atoms with Crippen molar-refractivity contribution in [3.05, 3.63) is 0 Å². The topological polar surface area (TPSA) is 66.8 Å². The second kappa shape index (κ2) is 8.97. The Kier molecular flexibility index (Phi) is 7.07. The van der Waals surface area contributed by atoms with Crippen molar-refractivity contribution in [2.45, 2.75) is 150 Å². The summed E-state index contributed by atoms with van der Waals surface area (Å²) in [5, 5.41) is 21.9. The van der Waals surface area contributed by atoms with Gasteiger partial charge in [0.15, 0.2) is 0 Å². The molecule has 2 N–H and O–H groups in total. The van der Waals surface area contributed by atoms with Crippen molar-refractivity contribution in [1.82, 2.24) is 0 Å². The lowest BCUT2D eigenvalue weighted by atomic mass is 9.35. The summed E-state index contributed by atoms with van der Waals surface area (Å²) in [5.74, 6) is 2.03. The molecule has 4 heteroatoms. The first kappa shape index (κ1) is 28.4. The van der Waals surface area contributed by atoms with E-state index < -0.39 is 11.2 Å². The minimum absolute atomic E-state index is 0.000118. The molecule has 4 rings (SSSR count). The molecule has 0 saturated heterocycles. The van der Waals surface area contributed by atoms with Gasteiger partial charge in [-0.15, -0.1) is 0 Å². The number of ether oxygens (including phenoxy) is 1. The Morgan fingerprint density at radius 3 is 2.08 bits per heavy atom. The second-order valence-corrected chi connectivity index (χ2v) is 15.8. The molecular formula is C32H56O4. The fourth-order valence-electron chi connectivity index (χ4n) is 10.9. The number of esters is 1. The predicted octanol–water partition coefficient (Wildman–Crippen LogP) is 7.30. The highest BCUT2D eigenvalue weighted by molar-refractivity contribution is 5.66. The van der Waals surface area contributed by atoms with E-state index in [0.717, 1.165) is 38.5 Å². The Hall–Kier alpha value is -0.610. The maximum absolute atomic E-state index is 11.9. The van der Waals surface area contributed by atoms with Gasteiger partial charge in [0, 0.05) is 12.3 Å². The van der Waals surface area contributed by atoms with E-state index in [0.29, 0.717) is 23.7 Å². The van der Waals surface area contributed by atoms with Crippen LogP contribution in [0.4, 0.5) is 0 Å². The van der Waals surface area contributed by atoms with Crippen molar-refractivity contribution >= 4 is 5.97 Å². The molecule has 4 saturated carbocycles. The number of fused-ring (bicyclic) bond motifs is 5. The Labute approximate surface area is 221 Å². The zero-order chi connectivity index (χ0) is 26.9. The highest BCUT2D eigenvalue weighted by Gasteiger charge is 2.69. The molecule has 0 aromatic carbocycles. The third-order valence-corrected chi connectivity index (χ3v) is 12.9. The number of hydrogen-bond acceptors (Lipinski definition) is 4. The zero-order valence-corrected chi connectivity index (χ0v) is 24.9. The summed E-state index contributed by atoms with van der Waals surface area (Å²) < 4.78 is 5.87. The number of rotatable bonds is 6. The monoisotopic (exact) mass is 504 g/mol. The van der Waals surface area contributed by atoms with Gasteiger partial charge in [0.25, 0.3) is 0 Å². The molecule has 0 amide bonds. The maximum Gasteiger partial charge on any atom is 0.302 e. The molecule has 36 heavy (non-hydrogen) atoms.